The predicted molar refractivity (Wildman–Crippen MR) is 119 cm³/mol. The van der Waals surface area contributed by atoms with Crippen molar-refractivity contribution in [1.82, 2.24) is 19.5 Å². The van der Waals surface area contributed by atoms with E-state index in [1.807, 2.05) is 48.5 Å². The maximum absolute atomic E-state index is 12.3. The zero-order valence-electron chi connectivity index (χ0n) is 17.4. The second-order valence-electron chi connectivity index (χ2n) is 6.92. The van der Waals surface area contributed by atoms with E-state index >= 15 is 0 Å². The highest BCUT2D eigenvalue weighted by atomic mass is 16.5. The third kappa shape index (κ3) is 4.61. The summed E-state index contributed by atoms with van der Waals surface area (Å²) in [5.41, 5.74) is 2.23. The Morgan fingerprint density at radius 2 is 1.74 bits per heavy atom. The Balaban J connectivity index is 1.70. The zero-order chi connectivity index (χ0) is 21.6. The van der Waals surface area contributed by atoms with Crippen LogP contribution in [0.15, 0.2) is 79.1 Å². The molecule has 1 N–H and O–H groups in total. The summed E-state index contributed by atoms with van der Waals surface area (Å²) in [5, 5.41) is 3.33. The van der Waals surface area contributed by atoms with E-state index in [2.05, 4.69) is 39.3 Å². The van der Waals surface area contributed by atoms with Gasteiger partial charge >= 0.3 is 5.97 Å². The van der Waals surface area contributed by atoms with Gasteiger partial charge in [-0.25, -0.2) is 14.8 Å². The van der Waals surface area contributed by atoms with Gasteiger partial charge in [0.25, 0.3) is 0 Å². The highest BCUT2D eigenvalue weighted by Gasteiger charge is 2.18. The van der Waals surface area contributed by atoms with Gasteiger partial charge in [-0.05, 0) is 25.5 Å². The number of nitrogens with zero attached hydrogens (tertiary/aromatic N) is 4. The molecule has 7 nitrogen and oxygen atoms in total. The number of hydrogen-bond acceptors (Lipinski definition) is 6. The Hall–Kier alpha value is -4.00. The fourth-order valence-corrected chi connectivity index (χ4v) is 3.22. The van der Waals surface area contributed by atoms with E-state index < -0.39 is 5.97 Å². The molecule has 1 unspecified atom stereocenters. The van der Waals surface area contributed by atoms with Crippen LogP contribution in [0, 0.1) is 0 Å². The summed E-state index contributed by atoms with van der Waals surface area (Å²) in [5.74, 6) is 1.21. The fraction of sp³-hybridized carbons (Fsp3) is 0.167. The molecular formula is C24H23N5O2. The van der Waals surface area contributed by atoms with Crippen molar-refractivity contribution in [2.45, 2.75) is 19.9 Å². The predicted octanol–water partition coefficient (Wildman–Crippen LogP) is 4.68. The number of ether oxygens (including phenoxy) is 1. The van der Waals surface area contributed by atoms with E-state index in [-0.39, 0.29) is 18.3 Å². The molecule has 7 heteroatoms. The number of hydrogen-bond donors (Lipinski definition) is 1. The van der Waals surface area contributed by atoms with Crippen molar-refractivity contribution in [1.29, 1.82) is 0 Å². The molecule has 0 saturated heterocycles. The van der Waals surface area contributed by atoms with Gasteiger partial charge in [-0.2, -0.15) is 4.98 Å². The average molecular weight is 413 g/mol. The second kappa shape index (κ2) is 9.21. The van der Waals surface area contributed by atoms with E-state index in [1.54, 1.807) is 30.0 Å². The molecule has 0 spiro atoms. The minimum atomic E-state index is -0.469. The first kappa shape index (κ1) is 20.3. The normalized spacial score (nSPS) is 11.7. The Morgan fingerprint density at radius 1 is 1.03 bits per heavy atom. The number of nitrogens with one attached hydrogen (secondary N) is 1. The number of carbonyl (C=O) groups excluding carboxylic acids is 1. The Labute approximate surface area is 180 Å². The number of aromatic nitrogens is 4. The average Bonchev–Trinajstić information content (AvgIpc) is 3.26. The minimum Gasteiger partial charge on any atom is -0.461 e. The molecule has 0 radical (unpaired) electrons. The van der Waals surface area contributed by atoms with Crippen LogP contribution in [0.1, 0.15) is 35.9 Å². The molecule has 0 aliphatic rings. The SMILES string of the molecule is CCOC(=O)c1cn(-c2ccnc(NC(C)c3ccccc3)n2)c(-c2ccccc2)n1. The summed E-state index contributed by atoms with van der Waals surface area (Å²) in [6.07, 6.45) is 3.33. The van der Waals surface area contributed by atoms with Gasteiger partial charge in [0.1, 0.15) is 11.6 Å². The lowest BCUT2D eigenvalue weighted by atomic mass is 10.1. The minimum absolute atomic E-state index is 0.0305. The second-order valence-corrected chi connectivity index (χ2v) is 6.92. The zero-order valence-corrected chi connectivity index (χ0v) is 17.4. The third-order valence-corrected chi connectivity index (χ3v) is 4.76. The first-order chi connectivity index (χ1) is 15.2. The number of esters is 1. The quantitative estimate of drug-likeness (QED) is 0.443. The summed E-state index contributed by atoms with van der Waals surface area (Å²) in [6.45, 7) is 4.10. The summed E-state index contributed by atoms with van der Waals surface area (Å²) in [6, 6.07) is 21.5. The van der Waals surface area contributed by atoms with Crippen molar-refractivity contribution in [3.8, 4) is 17.2 Å². The van der Waals surface area contributed by atoms with Crippen molar-refractivity contribution >= 4 is 11.9 Å². The molecule has 4 rings (SSSR count). The molecule has 2 aromatic carbocycles. The number of carbonyl (C=O) groups is 1. The van der Waals surface area contributed by atoms with Crippen LogP contribution in [0.4, 0.5) is 5.95 Å². The Bertz CT molecular complexity index is 1160. The molecule has 2 heterocycles. The summed E-state index contributed by atoms with van der Waals surface area (Å²) < 4.78 is 6.91. The summed E-state index contributed by atoms with van der Waals surface area (Å²) in [4.78, 5) is 25.8. The lowest BCUT2D eigenvalue weighted by Gasteiger charge is -2.15. The summed E-state index contributed by atoms with van der Waals surface area (Å²) in [7, 11) is 0. The summed E-state index contributed by atoms with van der Waals surface area (Å²) >= 11 is 0. The van der Waals surface area contributed by atoms with Crippen LogP contribution in [-0.2, 0) is 4.74 Å². The lowest BCUT2D eigenvalue weighted by Crippen LogP contribution is -2.10. The van der Waals surface area contributed by atoms with Crippen LogP contribution >= 0.6 is 0 Å². The number of rotatable bonds is 7. The molecular weight excluding hydrogens is 390 g/mol. The van der Waals surface area contributed by atoms with Crippen molar-refractivity contribution in [2.75, 3.05) is 11.9 Å². The van der Waals surface area contributed by atoms with Gasteiger partial charge in [0.05, 0.1) is 12.6 Å². The van der Waals surface area contributed by atoms with Crippen molar-refractivity contribution < 1.29 is 9.53 Å². The van der Waals surface area contributed by atoms with Crippen LogP contribution in [0.5, 0.6) is 0 Å². The largest absolute Gasteiger partial charge is 0.461 e. The first-order valence-corrected chi connectivity index (χ1v) is 10.1. The van der Waals surface area contributed by atoms with Crippen molar-refractivity contribution in [3.05, 3.63) is 90.4 Å². The highest BCUT2D eigenvalue weighted by molar-refractivity contribution is 5.88. The Morgan fingerprint density at radius 3 is 2.45 bits per heavy atom. The smallest absolute Gasteiger partial charge is 0.358 e. The Kier molecular flexibility index (Phi) is 6.03. The molecule has 31 heavy (non-hydrogen) atoms. The molecule has 0 aliphatic heterocycles. The topological polar surface area (TPSA) is 81.9 Å². The van der Waals surface area contributed by atoms with Gasteiger partial charge < -0.3 is 10.1 Å². The lowest BCUT2D eigenvalue weighted by molar-refractivity contribution is 0.0520. The number of imidazole rings is 1. The van der Waals surface area contributed by atoms with Crippen LogP contribution < -0.4 is 5.32 Å². The van der Waals surface area contributed by atoms with Gasteiger partial charge in [-0.3, -0.25) is 4.57 Å². The number of benzene rings is 2. The van der Waals surface area contributed by atoms with Crippen LogP contribution in [-0.4, -0.2) is 32.1 Å². The molecule has 0 amide bonds. The standard InChI is InChI=1S/C24H23N5O2/c1-3-31-23(30)20-16-29(22(27-20)19-12-8-5-9-13-19)21-14-15-25-24(28-21)26-17(2)18-10-6-4-7-11-18/h4-17H,3H2,1-2H3,(H,25,26,28). The molecule has 1 atom stereocenters. The van der Waals surface area contributed by atoms with Crippen molar-refractivity contribution in [2.24, 2.45) is 0 Å². The van der Waals surface area contributed by atoms with Crippen molar-refractivity contribution in [3.63, 3.8) is 0 Å². The third-order valence-electron chi connectivity index (χ3n) is 4.76. The first-order valence-electron chi connectivity index (χ1n) is 10.1. The fourth-order valence-electron chi connectivity index (χ4n) is 3.22. The van der Waals surface area contributed by atoms with E-state index in [4.69, 9.17) is 4.74 Å². The molecule has 2 aromatic heterocycles. The van der Waals surface area contributed by atoms with E-state index in [9.17, 15) is 4.79 Å². The number of anilines is 1. The highest BCUT2D eigenvalue weighted by Crippen LogP contribution is 2.23. The maximum Gasteiger partial charge on any atom is 0.358 e. The van der Waals surface area contributed by atoms with Gasteiger partial charge in [-0.1, -0.05) is 60.7 Å². The van der Waals surface area contributed by atoms with Crippen LogP contribution in [0.2, 0.25) is 0 Å². The molecule has 0 saturated carbocycles. The molecule has 0 bridgehead atoms. The molecule has 0 fully saturated rings. The van der Waals surface area contributed by atoms with Gasteiger partial charge in [0, 0.05) is 18.0 Å². The maximum atomic E-state index is 12.3. The van der Waals surface area contributed by atoms with E-state index in [0.717, 1.165) is 11.1 Å². The molecule has 156 valence electrons. The van der Waals surface area contributed by atoms with E-state index in [0.29, 0.717) is 17.6 Å². The van der Waals surface area contributed by atoms with Crippen LogP contribution in [0.25, 0.3) is 17.2 Å². The monoisotopic (exact) mass is 413 g/mol. The molecule has 0 aliphatic carbocycles. The van der Waals surface area contributed by atoms with Gasteiger partial charge in [0.2, 0.25) is 5.95 Å². The van der Waals surface area contributed by atoms with E-state index in [1.165, 1.54) is 0 Å². The van der Waals surface area contributed by atoms with Gasteiger partial charge in [-0.15, -0.1) is 0 Å². The van der Waals surface area contributed by atoms with Gasteiger partial charge in [0.15, 0.2) is 5.69 Å². The van der Waals surface area contributed by atoms with Crippen LogP contribution in [0.3, 0.4) is 0 Å². The molecule has 4 aromatic rings.